The smallest absolute Gasteiger partial charge is 0.309 e. The highest BCUT2D eigenvalue weighted by Crippen LogP contribution is 2.17. The zero-order valence-electron chi connectivity index (χ0n) is 14.8. The number of fused-ring (bicyclic) bond motifs is 2. The Morgan fingerprint density at radius 1 is 1.04 bits per heavy atom. The molecule has 0 atom stereocenters. The van der Waals surface area contributed by atoms with Gasteiger partial charge in [-0.1, -0.05) is 12.1 Å². The van der Waals surface area contributed by atoms with Crippen LogP contribution in [-0.2, 0) is 27.2 Å². The summed E-state index contributed by atoms with van der Waals surface area (Å²) in [7, 11) is 2.96. The molecule has 0 aliphatic rings. The Labute approximate surface area is 157 Å². The number of nitrogens with one attached hydrogen (secondary N) is 1. The molecule has 0 aliphatic heterocycles. The summed E-state index contributed by atoms with van der Waals surface area (Å²) in [4.78, 5) is 43.7. The third-order valence-corrected chi connectivity index (χ3v) is 5.03. The summed E-state index contributed by atoms with van der Waals surface area (Å²) in [6.07, 6.45) is 0.554. The number of hydrogen-bond donors (Lipinski definition) is 1. The lowest BCUT2D eigenvalue weighted by Gasteiger charge is -2.08. The van der Waals surface area contributed by atoms with Crippen LogP contribution in [0.4, 0.5) is 0 Å². The number of nitrogens with zero attached hydrogens (tertiary/aromatic N) is 5. The molecule has 4 rings (SSSR count). The van der Waals surface area contributed by atoms with Crippen molar-refractivity contribution >= 4 is 33.8 Å². The summed E-state index contributed by atoms with van der Waals surface area (Å²) < 4.78 is 5.55. The number of aromatic amines is 1. The van der Waals surface area contributed by atoms with Crippen LogP contribution in [0.25, 0.3) is 22.2 Å². The molecule has 0 saturated carbocycles. The lowest BCUT2D eigenvalue weighted by Crippen LogP contribution is -2.37. The van der Waals surface area contributed by atoms with Crippen LogP contribution in [0.2, 0.25) is 5.28 Å². The molecule has 4 aromatic rings. The Kier molecular flexibility index (Phi) is 4.03. The molecule has 1 N–H and O–H groups in total. The van der Waals surface area contributed by atoms with Gasteiger partial charge in [0.2, 0.25) is 5.28 Å². The van der Waals surface area contributed by atoms with Gasteiger partial charge in [-0.2, -0.15) is 4.98 Å². The number of H-pyrrole nitrogens is 1. The fraction of sp³-hybridized carbons (Fsp3) is 0.294. The van der Waals surface area contributed by atoms with E-state index in [1.165, 1.54) is 11.6 Å². The molecule has 0 saturated heterocycles. The summed E-state index contributed by atoms with van der Waals surface area (Å²) >= 11 is 6.22. The maximum absolute atomic E-state index is 12.5. The zero-order valence-corrected chi connectivity index (χ0v) is 15.5. The average Bonchev–Trinajstić information content (AvgIpc) is 3.15. The summed E-state index contributed by atoms with van der Waals surface area (Å²) in [5.41, 5.74) is 1.03. The van der Waals surface area contributed by atoms with Crippen LogP contribution in [0, 0.1) is 0 Å². The molecule has 10 heteroatoms. The topological polar surface area (TPSA) is 99.6 Å². The monoisotopic (exact) mass is 388 g/mol. The van der Waals surface area contributed by atoms with E-state index in [-0.39, 0.29) is 22.1 Å². The molecular weight excluding hydrogens is 372 g/mol. The van der Waals surface area contributed by atoms with E-state index in [1.807, 2.05) is 24.3 Å². The number of hydrogen-bond acceptors (Lipinski definition) is 4. The minimum absolute atomic E-state index is 0.134. The molecular formula is C17H17ClN6O3. The number of para-hydroxylation sites is 2. The summed E-state index contributed by atoms with van der Waals surface area (Å²) in [5.74, 6) is 0. The van der Waals surface area contributed by atoms with Gasteiger partial charge in [0.25, 0.3) is 5.56 Å². The lowest BCUT2D eigenvalue weighted by atomic mass is 10.3. The Morgan fingerprint density at radius 3 is 2.52 bits per heavy atom. The van der Waals surface area contributed by atoms with Crippen molar-refractivity contribution in [1.29, 1.82) is 0 Å². The minimum atomic E-state index is -0.459. The first kappa shape index (κ1) is 17.3. The molecule has 140 valence electrons. The first-order chi connectivity index (χ1) is 12.9. The fourth-order valence-electron chi connectivity index (χ4n) is 3.34. The second kappa shape index (κ2) is 6.27. The number of imidazole rings is 2. The predicted molar refractivity (Wildman–Crippen MR) is 102 cm³/mol. The highest BCUT2D eigenvalue weighted by molar-refractivity contribution is 6.29. The highest BCUT2D eigenvalue weighted by atomic mass is 35.5. The van der Waals surface area contributed by atoms with E-state index < -0.39 is 11.2 Å². The molecule has 3 heterocycles. The summed E-state index contributed by atoms with van der Waals surface area (Å²) in [5, 5.41) is 0.134. The van der Waals surface area contributed by atoms with E-state index in [2.05, 4.69) is 9.97 Å². The normalized spacial score (nSPS) is 11.7. The van der Waals surface area contributed by atoms with Gasteiger partial charge in [0, 0.05) is 27.2 Å². The van der Waals surface area contributed by atoms with Gasteiger partial charge in [-0.15, -0.1) is 0 Å². The standard InChI is InChI=1S/C17H17ClN6O3/c1-21-13-12(14(25)22(2)17(21)27)24(15(18)20-13)9-5-8-23-11-7-4-3-6-10(11)19-16(23)26/h3-4,6-7H,5,8-9H2,1-2H3,(H,19,26). The van der Waals surface area contributed by atoms with Gasteiger partial charge in [-0.3, -0.25) is 18.5 Å². The van der Waals surface area contributed by atoms with E-state index >= 15 is 0 Å². The van der Waals surface area contributed by atoms with Gasteiger partial charge in [0.1, 0.15) is 0 Å². The molecule has 27 heavy (non-hydrogen) atoms. The number of benzene rings is 1. The zero-order chi connectivity index (χ0) is 19.3. The largest absolute Gasteiger partial charge is 0.332 e. The second-order valence-electron chi connectivity index (χ2n) is 6.36. The van der Waals surface area contributed by atoms with Crippen molar-refractivity contribution in [1.82, 2.24) is 28.2 Å². The Morgan fingerprint density at radius 2 is 1.74 bits per heavy atom. The highest BCUT2D eigenvalue weighted by Gasteiger charge is 2.18. The van der Waals surface area contributed by atoms with Crippen molar-refractivity contribution in [3.8, 4) is 0 Å². The number of aryl methyl sites for hydroxylation is 3. The molecule has 0 aliphatic carbocycles. The third kappa shape index (κ3) is 2.62. The van der Waals surface area contributed by atoms with Gasteiger partial charge in [0.15, 0.2) is 11.2 Å². The van der Waals surface area contributed by atoms with Crippen LogP contribution in [0.5, 0.6) is 0 Å². The number of halogens is 1. The first-order valence-corrected chi connectivity index (χ1v) is 8.77. The van der Waals surface area contributed by atoms with E-state index in [4.69, 9.17) is 11.6 Å². The van der Waals surface area contributed by atoms with Crippen LogP contribution in [-0.4, -0.2) is 28.2 Å². The molecule has 1 aromatic carbocycles. The fourth-order valence-corrected chi connectivity index (χ4v) is 3.59. The molecule has 0 amide bonds. The van der Waals surface area contributed by atoms with Crippen molar-refractivity contribution < 1.29 is 0 Å². The number of aromatic nitrogens is 6. The third-order valence-electron chi connectivity index (χ3n) is 4.75. The Balaban J connectivity index is 1.70. The molecule has 0 bridgehead atoms. The van der Waals surface area contributed by atoms with Gasteiger partial charge in [0.05, 0.1) is 11.0 Å². The van der Waals surface area contributed by atoms with Gasteiger partial charge in [-0.25, -0.2) is 9.59 Å². The van der Waals surface area contributed by atoms with Crippen molar-refractivity contribution in [2.75, 3.05) is 0 Å². The summed E-state index contributed by atoms with van der Waals surface area (Å²) in [6.45, 7) is 0.833. The molecule has 9 nitrogen and oxygen atoms in total. The van der Waals surface area contributed by atoms with Crippen molar-refractivity contribution in [2.45, 2.75) is 19.5 Å². The Bertz CT molecular complexity index is 1350. The SMILES string of the molecule is Cn1c(=O)c2c(nc(Cl)n2CCCn2c(=O)[nH]c3ccccc32)n(C)c1=O. The van der Waals surface area contributed by atoms with Gasteiger partial charge in [-0.05, 0) is 30.2 Å². The van der Waals surface area contributed by atoms with Crippen molar-refractivity contribution in [3.05, 3.63) is 60.9 Å². The molecule has 0 unspecified atom stereocenters. The van der Waals surface area contributed by atoms with Gasteiger partial charge >= 0.3 is 11.4 Å². The summed E-state index contributed by atoms with van der Waals surface area (Å²) in [6, 6.07) is 7.45. The lowest BCUT2D eigenvalue weighted by molar-refractivity contribution is 0.568. The van der Waals surface area contributed by atoms with Gasteiger partial charge < -0.3 is 9.55 Å². The Hall–Kier alpha value is -3.07. The van der Waals surface area contributed by atoms with Crippen LogP contribution in [0.15, 0.2) is 38.6 Å². The number of rotatable bonds is 4. The maximum atomic E-state index is 12.5. The molecule has 0 spiro atoms. The van der Waals surface area contributed by atoms with E-state index in [0.717, 1.165) is 15.6 Å². The predicted octanol–water partition coefficient (Wildman–Crippen LogP) is 0.820. The van der Waals surface area contributed by atoms with Crippen molar-refractivity contribution in [2.24, 2.45) is 14.1 Å². The van der Waals surface area contributed by atoms with Crippen LogP contribution >= 0.6 is 11.6 Å². The van der Waals surface area contributed by atoms with Crippen LogP contribution in [0.1, 0.15) is 6.42 Å². The molecule has 0 fully saturated rings. The van der Waals surface area contributed by atoms with E-state index in [1.54, 1.807) is 16.2 Å². The van der Waals surface area contributed by atoms with Crippen molar-refractivity contribution in [3.63, 3.8) is 0 Å². The van der Waals surface area contributed by atoms with Crippen LogP contribution in [0.3, 0.4) is 0 Å². The van der Waals surface area contributed by atoms with E-state index in [0.29, 0.717) is 19.5 Å². The maximum Gasteiger partial charge on any atom is 0.332 e. The molecule has 0 radical (unpaired) electrons. The average molecular weight is 389 g/mol. The first-order valence-electron chi connectivity index (χ1n) is 8.39. The van der Waals surface area contributed by atoms with E-state index in [9.17, 15) is 14.4 Å². The minimum Gasteiger partial charge on any atom is -0.309 e. The molecule has 3 aromatic heterocycles. The second-order valence-corrected chi connectivity index (χ2v) is 6.70. The van der Waals surface area contributed by atoms with Crippen LogP contribution < -0.4 is 16.9 Å². The quantitative estimate of drug-likeness (QED) is 0.523.